The predicted molar refractivity (Wildman–Crippen MR) is 162 cm³/mol. The molecule has 0 fully saturated rings. The number of hydrogen-bond acceptors (Lipinski definition) is 7. The van der Waals surface area contributed by atoms with Crippen LogP contribution in [0, 0.1) is 0 Å². The van der Waals surface area contributed by atoms with Crippen LogP contribution in [-0.2, 0) is 34.2 Å². The molecule has 0 aromatic heterocycles. The molecule has 0 heterocycles. The first-order chi connectivity index (χ1) is 20.6. The highest BCUT2D eigenvalue weighted by Crippen LogP contribution is 2.36. The number of rotatable bonds is 21. The van der Waals surface area contributed by atoms with E-state index in [-0.39, 0.29) is 18.4 Å². The van der Waals surface area contributed by atoms with Crippen molar-refractivity contribution in [3.63, 3.8) is 0 Å². The van der Waals surface area contributed by atoms with Crippen molar-refractivity contribution in [2.24, 2.45) is 0 Å². The SMILES string of the molecule is CC(=O)NCCCOCCOCCOCCCNC(=O)CONC(c1ccccc1)(c1ccccc1)c1ccccc1. The van der Waals surface area contributed by atoms with E-state index in [0.717, 1.165) is 23.1 Å². The van der Waals surface area contributed by atoms with Crippen LogP contribution in [0.5, 0.6) is 0 Å². The van der Waals surface area contributed by atoms with E-state index < -0.39 is 5.54 Å². The molecule has 226 valence electrons. The topological polar surface area (TPSA) is 107 Å². The highest BCUT2D eigenvalue weighted by Gasteiger charge is 2.36. The van der Waals surface area contributed by atoms with E-state index in [1.165, 1.54) is 6.92 Å². The molecule has 42 heavy (non-hydrogen) atoms. The van der Waals surface area contributed by atoms with Crippen molar-refractivity contribution in [3.8, 4) is 0 Å². The molecule has 0 radical (unpaired) electrons. The third-order valence-corrected chi connectivity index (χ3v) is 6.42. The Balaban J connectivity index is 1.34. The quantitative estimate of drug-likeness (QED) is 0.101. The van der Waals surface area contributed by atoms with Crippen LogP contribution in [0.25, 0.3) is 0 Å². The Morgan fingerprint density at radius 3 is 1.43 bits per heavy atom. The van der Waals surface area contributed by atoms with E-state index in [4.69, 9.17) is 19.0 Å². The van der Waals surface area contributed by atoms with E-state index in [1.54, 1.807) is 0 Å². The fourth-order valence-electron chi connectivity index (χ4n) is 4.38. The van der Waals surface area contributed by atoms with E-state index in [2.05, 4.69) is 16.1 Å². The Morgan fingerprint density at radius 2 is 1.00 bits per heavy atom. The van der Waals surface area contributed by atoms with Gasteiger partial charge in [-0.1, -0.05) is 91.0 Å². The van der Waals surface area contributed by atoms with Crippen molar-refractivity contribution >= 4 is 11.8 Å². The van der Waals surface area contributed by atoms with Crippen molar-refractivity contribution < 1.29 is 28.6 Å². The van der Waals surface area contributed by atoms with Gasteiger partial charge in [-0.3, -0.25) is 14.4 Å². The number of amides is 2. The van der Waals surface area contributed by atoms with E-state index in [0.29, 0.717) is 59.2 Å². The summed E-state index contributed by atoms with van der Waals surface area (Å²) in [4.78, 5) is 29.2. The number of hydroxylamine groups is 1. The van der Waals surface area contributed by atoms with Gasteiger partial charge in [0.05, 0.1) is 26.4 Å². The maximum absolute atomic E-state index is 12.5. The number of ether oxygens (including phenoxy) is 3. The first-order valence-corrected chi connectivity index (χ1v) is 14.4. The highest BCUT2D eigenvalue weighted by molar-refractivity contribution is 5.77. The summed E-state index contributed by atoms with van der Waals surface area (Å²) in [6.07, 6.45) is 1.45. The number of benzene rings is 3. The van der Waals surface area contributed by atoms with Crippen molar-refractivity contribution in [2.45, 2.75) is 25.3 Å². The van der Waals surface area contributed by atoms with Crippen molar-refractivity contribution in [1.82, 2.24) is 16.1 Å². The average Bonchev–Trinajstić information content (AvgIpc) is 3.02. The fraction of sp³-hybridized carbons (Fsp3) is 0.394. The standard InChI is InChI=1S/C33H43N3O6/c1-28(37)34-19-11-21-39-23-25-41-26-24-40-22-12-20-35-32(38)27-42-36-33(29-13-5-2-6-14-29,30-15-7-3-8-16-30)31-17-9-4-10-18-31/h2-10,13-18,36H,11-12,19-27H2,1H3,(H,34,37)(H,35,38). The minimum absolute atomic E-state index is 0.0317. The monoisotopic (exact) mass is 577 g/mol. The Hall–Kier alpha value is -3.60. The Kier molecular flexibility index (Phi) is 15.3. The van der Waals surface area contributed by atoms with Crippen molar-refractivity contribution in [2.75, 3.05) is 59.3 Å². The predicted octanol–water partition coefficient (Wildman–Crippen LogP) is 3.58. The van der Waals surface area contributed by atoms with E-state index in [1.807, 2.05) is 91.0 Å². The van der Waals surface area contributed by atoms with Gasteiger partial charge in [0, 0.05) is 33.2 Å². The summed E-state index contributed by atoms with van der Waals surface area (Å²) in [5.41, 5.74) is 5.43. The smallest absolute Gasteiger partial charge is 0.248 e. The van der Waals surface area contributed by atoms with Gasteiger partial charge in [0.1, 0.15) is 12.1 Å². The zero-order chi connectivity index (χ0) is 29.7. The van der Waals surface area contributed by atoms with Gasteiger partial charge in [-0.25, -0.2) is 0 Å². The molecule has 9 heteroatoms. The van der Waals surface area contributed by atoms with Gasteiger partial charge in [0.25, 0.3) is 0 Å². The zero-order valence-electron chi connectivity index (χ0n) is 24.4. The molecule has 0 saturated heterocycles. The fourth-order valence-corrected chi connectivity index (χ4v) is 4.38. The van der Waals surface area contributed by atoms with Crippen LogP contribution in [0.3, 0.4) is 0 Å². The van der Waals surface area contributed by atoms with Crippen LogP contribution in [0.4, 0.5) is 0 Å². The summed E-state index contributed by atoms with van der Waals surface area (Å²) < 4.78 is 16.5. The third-order valence-electron chi connectivity index (χ3n) is 6.42. The highest BCUT2D eigenvalue weighted by atomic mass is 16.6. The summed E-state index contributed by atoms with van der Waals surface area (Å²) >= 11 is 0. The summed E-state index contributed by atoms with van der Waals surface area (Å²) in [7, 11) is 0. The average molecular weight is 578 g/mol. The maximum Gasteiger partial charge on any atom is 0.248 e. The Bertz CT molecular complexity index is 1050. The van der Waals surface area contributed by atoms with Crippen molar-refractivity contribution in [1.29, 1.82) is 0 Å². The summed E-state index contributed by atoms with van der Waals surface area (Å²) in [6.45, 7) is 5.51. The van der Waals surface area contributed by atoms with Crippen LogP contribution >= 0.6 is 0 Å². The first-order valence-electron chi connectivity index (χ1n) is 14.4. The molecule has 0 bridgehead atoms. The molecule has 0 aliphatic heterocycles. The molecular formula is C33H43N3O6. The molecule has 3 aromatic carbocycles. The molecule has 0 spiro atoms. The molecule has 3 N–H and O–H groups in total. The number of carbonyl (C=O) groups excluding carboxylic acids is 2. The summed E-state index contributed by atoms with van der Waals surface area (Å²) in [5, 5.41) is 5.60. The van der Waals surface area contributed by atoms with Gasteiger partial charge in [-0.15, -0.1) is 0 Å². The molecule has 3 aromatic rings. The van der Waals surface area contributed by atoms with Crippen LogP contribution in [0.15, 0.2) is 91.0 Å². The molecule has 0 unspecified atom stereocenters. The molecule has 9 nitrogen and oxygen atoms in total. The van der Waals surface area contributed by atoms with Crippen LogP contribution in [0.2, 0.25) is 0 Å². The lowest BCUT2D eigenvalue weighted by Crippen LogP contribution is -2.46. The maximum atomic E-state index is 12.5. The van der Waals surface area contributed by atoms with Crippen LogP contribution in [-0.4, -0.2) is 71.2 Å². The lowest BCUT2D eigenvalue weighted by atomic mass is 9.78. The minimum Gasteiger partial charge on any atom is -0.379 e. The van der Waals surface area contributed by atoms with Crippen LogP contribution < -0.4 is 16.1 Å². The largest absolute Gasteiger partial charge is 0.379 e. The van der Waals surface area contributed by atoms with Gasteiger partial charge in [0.2, 0.25) is 11.8 Å². The van der Waals surface area contributed by atoms with E-state index in [9.17, 15) is 9.59 Å². The molecule has 0 aliphatic carbocycles. The lowest BCUT2D eigenvalue weighted by Gasteiger charge is -2.36. The summed E-state index contributed by atoms with van der Waals surface area (Å²) in [5.74, 6) is -0.248. The molecule has 0 atom stereocenters. The number of nitrogens with one attached hydrogen (secondary N) is 3. The molecule has 0 saturated carbocycles. The second-order valence-electron chi connectivity index (χ2n) is 9.62. The van der Waals surface area contributed by atoms with Gasteiger partial charge in [-0.05, 0) is 29.5 Å². The molecule has 2 amide bonds. The Morgan fingerprint density at radius 1 is 0.595 bits per heavy atom. The third kappa shape index (κ3) is 11.3. The Labute approximate surface area is 248 Å². The van der Waals surface area contributed by atoms with Gasteiger partial charge in [-0.2, -0.15) is 5.48 Å². The van der Waals surface area contributed by atoms with Crippen LogP contribution in [0.1, 0.15) is 36.5 Å². The second-order valence-corrected chi connectivity index (χ2v) is 9.62. The molecule has 0 aliphatic rings. The van der Waals surface area contributed by atoms with Crippen molar-refractivity contribution in [3.05, 3.63) is 108 Å². The molecular weight excluding hydrogens is 534 g/mol. The summed E-state index contributed by atoms with van der Waals surface area (Å²) in [6, 6.07) is 30.2. The zero-order valence-corrected chi connectivity index (χ0v) is 24.4. The van der Waals surface area contributed by atoms with Gasteiger partial charge < -0.3 is 24.8 Å². The number of hydrogen-bond donors (Lipinski definition) is 3. The van der Waals surface area contributed by atoms with Gasteiger partial charge >= 0.3 is 0 Å². The molecule has 3 rings (SSSR count). The normalized spacial score (nSPS) is 11.3. The minimum atomic E-state index is -0.806. The second kappa shape index (κ2) is 19.5. The van der Waals surface area contributed by atoms with Gasteiger partial charge in [0.15, 0.2) is 0 Å². The number of carbonyl (C=O) groups is 2. The van der Waals surface area contributed by atoms with E-state index >= 15 is 0 Å². The lowest BCUT2D eigenvalue weighted by molar-refractivity contribution is -0.130. The first kappa shape index (κ1) is 32.9.